The summed E-state index contributed by atoms with van der Waals surface area (Å²) in [4.78, 5) is 32.4. The second-order valence-corrected chi connectivity index (χ2v) is 8.66. The topological polar surface area (TPSA) is 59.5 Å². The molecular formula is C20H17ClN2O3S2. The summed E-state index contributed by atoms with van der Waals surface area (Å²) in [7, 11) is 1.66. The predicted molar refractivity (Wildman–Crippen MR) is 111 cm³/mol. The maximum absolute atomic E-state index is 12.5. The van der Waals surface area contributed by atoms with Crippen molar-refractivity contribution in [3.05, 3.63) is 75.6 Å². The first-order chi connectivity index (χ1) is 13.5. The van der Waals surface area contributed by atoms with Crippen LogP contribution in [0.3, 0.4) is 0 Å². The van der Waals surface area contributed by atoms with Gasteiger partial charge in [0.2, 0.25) is 0 Å². The second-order valence-electron chi connectivity index (χ2n) is 5.80. The molecule has 8 heteroatoms. The lowest BCUT2D eigenvalue weighted by Gasteiger charge is -2.16. The normalized spacial score (nSPS) is 10.5. The number of amides is 1. The number of halogens is 1. The zero-order valence-corrected chi connectivity index (χ0v) is 17.4. The molecule has 0 radical (unpaired) electrons. The van der Waals surface area contributed by atoms with E-state index < -0.39 is 5.97 Å². The fourth-order valence-electron chi connectivity index (χ4n) is 2.30. The van der Waals surface area contributed by atoms with Gasteiger partial charge in [0.05, 0.1) is 16.4 Å². The summed E-state index contributed by atoms with van der Waals surface area (Å²) in [6.07, 6.45) is 1.62. The molecule has 1 amide bonds. The number of pyridine rings is 1. The fourth-order valence-corrected chi connectivity index (χ4v) is 4.33. The Morgan fingerprint density at radius 1 is 1.14 bits per heavy atom. The SMILES string of the molecule is CN(Cc1ccc(Cl)s1)C(=O)COC(=O)c1cccnc1Sc1ccccc1. The monoisotopic (exact) mass is 432 g/mol. The third-order valence-corrected chi connectivity index (χ3v) is 5.97. The van der Waals surface area contributed by atoms with Gasteiger partial charge in [-0.25, -0.2) is 9.78 Å². The molecule has 0 aliphatic heterocycles. The number of carbonyl (C=O) groups excluding carboxylic acids is 2. The average molecular weight is 433 g/mol. The molecule has 1 aromatic carbocycles. The molecule has 144 valence electrons. The van der Waals surface area contributed by atoms with Gasteiger partial charge in [-0.05, 0) is 36.4 Å². The van der Waals surface area contributed by atoms with E-state index in [1.165, 1.54) is 28.0 Å². The Morgan fingerprint density at radius 2 is 1.93 bits per heavy atom. The van der Waals surface area contributed by atoms with Crippen LogP contribution in [0.15, 0.2) is 70.7 Å². The van der Waals surface area contributed by atoms with Crippen LogP contribution in [0.25, 0.3) is 0 Å². The molecule has 0 aliphatic rings. The number of ether oxygens (including phenoxy) is 1. The molecule has 0 bridgehead atoms. The summed E-state index contributed by atoms with van der Waals surface area (Å²) in [5.74, 6) is -0.869. The Kier molecular flexibility index (Phi) is 7.08. The van der Waals surface area contributed by atoms with Gasteiger partial charge in [-0.15, -0.1) is 11.3 Å². The van der Waals surface area contributed by atoms with Crippen LogP contribution in [-0.2, 0) is 16.1 Å². The van der Waals surface area contributed by atoms with Gasteiger partial charge < -0.3 is 9.64 Å². The first-order valence-corrected chi connectivity index (χ1v) is 10.4. The van der Waals surface area contributed by atoms with Gasteiger partial charge in [0.1, 0.15) is 5.03 Å². The first-order valence-electron chi connectivity index (χ1n) is 8.36. The zero-order chi connectivity index (χ0) is 19.9. The molecule has 0 saturated heterocycles. The van der Waals surface area contributed by atoms with Crippen LogP contribution in [0.2, 0.25) is 4.34 Å². The van der Waals surface area contributed by atoms with Gasteiger partial charge in [-0.1, -0.05) is 41.6 Å². The van der Waals surface area contributed by atoms with Crippen molar-refractivity contribution in [1.82, 2.24) is 9.88 Å². The van der Waals surface area contributed by atoms with E-state index in [9.17, 15) is 9.59 Å². The Labute approximate surface area is 176 Å². The average Bonchev–Trinajstić information content (AvgIpc) is 3.11. The number of nitrogens with zero attached hydrogens (tertiary/aromatic N) is 2. The van der Waals surface area contributed by atoms with Crippen molar-refractivity contribution < 1.29 is 14.3 Å². The third-order valence-electron chi connectivity index (χ3n) is 3.72. The second kappa shape index (κ2) is 9.73. The minimum atomic E-state index is -0.576. The van der Waals surface area contributed by atoms with Crippen molar-refractivity contribution in [2.24, 2.45) is 0 Å². The van der Waals surface area contributed by atoms with Crippen LogP contribution in [0, 0.1) is 0 Å². The quantitative estimate of drug-likeness (QED) is 0.503. The molecule has 3 rings (SSSR count). The van der Waals surface area contributed by atoms with Crippen LogP contribution in [0.4, 0.5) is 0 Å². The zero-order valence-electron chi connectivity index (χ0n) is 15.0. The minimum Gasteiger partial charge on any atom is -0.452 e. The molecule has 0 N–H and O–H groups in total. The smallest absolute Gasteiger partial charge is 0.341 e. The van der Waals surface area contributed by atoms with Gasteiger partial charge in [-0.2, -0.15) is 0 Å². The first kappa shape index (κ1) is 20.4. The van der Waals surface area contributed by atoms with Crippen LogP contribution in [-0.4, -0.2) is 35.4 Å². The van der Waals surface area contributed by atoms with E-state index in [1.807, 2.05) is 36.4 Å². The molecule has 3 aromatic rings. The van der Waals surface area contributed by atoms with Gasteiger partial charge in [0.15, 0.2) is 6.61 Å². The summed E-state index contributed by atoms with van der Waals surface area (Å²) < 4.78 is 5.89. The van der Waals surface area contributed by atoms with Crippen molar-refractivity contribution in [2.45, 2.75) is 16.5 Å². The number of hydrogen-bond donors (Lipinski definition) is 0. The highest BCUT2D eigenvalue weighted by Crippen LogP contribution is 2.28. The van der Waals surface area contributed by atoms with Crippen LogP contribution >= 0.6 is 34.7 Å². The van der Waals surface area contributed by atoms with Crippen molar-refractivity contribution >= 4 is 46.6 Å². The largest absolute Gasteiger partial charge is 0.452 e. The lowest BCUT2D eigenvalue weighted by molar-refractivity contribution is -0.133. The van der Waals surface area contributed by atoms with Crippen LogP contribution < -0.4 is 0 Å². The summed E-state index contributed by atoms with van der Waals surface area (Å²) in [6, 6.07) is 16.6. The highest BCUT2D eigenvalue weighted by molar-refractivity contribution is 7.99. The van der Waals surface area contributed by atoms with Crippen molar-refractivity contribution in [3.8, 4) is 0 Å². The van der Waals surface area contributed by atoms with Gasteiger partial charge in [0.25, 0.3) is 5.91 Å². The van der Waals surface area contributed by atoms with E-state index in [1.54, 1.807) is 31.4 Å². The number of hydrogen-bond acceptors (Lipinski definition) is 6. The van der Waals surface area contributed by atoms with Gasteiger partial charge in [0, 0.05) is 23.0 Å². The molecular weight excluding hydrogens is 416 g/mol. The molecule has 2 aromatic heterocycles. The number of aromatic nitrogens is 1. The Balaban J connectivity index is 1.59. The fraction of sp³-hybridized carbons (Fsp3) is 0.150. The summed E-state index contributed by atoms with van der Waals surface area (Å²) >= 11 is 8.68. The molecule has 28 heavy (non-hydrogen) atoms. The molecule has 5 nitrogen and oxygen atoms in total. The lowest BCUT2D eigenvalue weighted by Crippen LogP contribution is -2.30. The molecule has 0 unspecified atom stereocenters. The van der Waals surface area contributed by atoms with E-state index >= 15 is 0 Å². The van der Waals surface area contributed by atoms with E-state index in [0.29, 0.717) is 21.5 Å². The summed E-state index contributed by atoms with van der Waals surface area (Å²) in [5, 5.41) is 0.535. The standard InChI is InChI=1S/C20H17ClN2O3S2/c1-23(12-15-9-10-17(21)27-15)18(24)13-26-20(25)16-8-5-11-22-19(16)28-14-6-3-2-4-7-14/h2-11H,12-13H2,1H3. The maximum Gasteiger partial charge on any atom is 0.341 e. The molecule has 0 aliphatic carbocycles. The number of likely N-dealkylation sites (N-methyl/N-ethyl adjacent to an activating group) is 1. The highest BCUT2D eigenvalue weighted by Gasteiger charge is 2.18. The molecule has 0 atom stereocenters. The van der Waals surface area contributed by atoms with E-state index in [-0.39, 0.29) is 12.5 Å². The van der Waals surface area contributed by atoms with Gasteiger partial charge >= 0.3 is 5.97 Å². The number of esters is 1. The Morgan fingerprint density at radius 3 is 2.64 bits per heavy atom. The van der Waals surface area contributed by atoms with E-state index in [4.69, 9.17) is 16.3 Å². The lowest BCUT2D eigenvalue weighted by atomic mass is 10.3. The summed E-state index contributed by atoms with van der Waals surface area (Å²) in [6.45, 7) is 0.0779. The maximum atomic E-state index is 12.5. The number of benzene rings is 1. The summed E-state index contributed by atoms with van der Waals surface area (Å²) in [5.41, 5.74) is 0.330. The Hall–Kier alpha value is -2.35. The molecule has 2 heterocycles. The Bertz CT molecular complexity index is 963. The highest BCUT2D eigenvalue weighted by atomic mass is 35.5. The third kappa shape index (κ3) is 5.58. The molecule has 0 spiro atoms. The number of carbonyl (C=O) groups is 2. The van der Waals surface area contributed by atoms with Crippen molar-refractivity contribution in [2.75, 3.05) is 13.7 Å². The van der Waals surface area contributed by atoms with E-state index in [2.05, 4.69) is 4.98 Å². The van der Waals surface area contributed by atoms with Crippen LogP contribution in [0.5, 0.6) is 0 Å². The van der Waals surface area contributed by atoms with E-state index in [0.717, 1.165) is 9.77 Å². The van der Waals surface area contributed by atoms with Crippen molar-refractivity contribution in [1.29, 1.82) is 0 Å². The van der Waals surface area contributed by atoms with Gasteiger partial charge in [-0.3, -0.25) is 4.79 Å². The van der Waals surface area contributed by atoms with Crippen LogP contribution in [0.1, 0.15) is 15.2 Å². The van der Waals surface area contributed by atoms with Crippen molar-refractivity contribution in [3.63, 3.8) is 0 Å². The molecule has 0 fully saturated rings. The minimum absolute atomic E-state index is 0.293. The molecule has 0 saturated carbocycles. The number of rotatable bonds is 7. The predicted octanol–water partition coefficient (Wildman–Crippen LogP) is 4.76. The number of thiophene rings is 1.